The van der Waals surface area contributed by atoms with Crippen LogP contribution in [-0.4, -0.2) is 54.4 Å². The predicted octanol–water partition coefficient (Wildman–Crippen LogP) is 4.20. The zero-order valence-electron chi connectivity index (χ0n) is 18.9. The number of nitrogens with zero attached hydrogens (tertiary/aromatic N) is 5. The third-order valence-corrected chi connectivity index (χ3v) is 9.10. The number of pyridine rings is 1. The number of sulfonamides is 1. The van der Waals surface area contributed by atoms with Gasteiger partial charge in [0.25, 0.3) is 0 Å². The van der Waals surface area contributed by atoms with Crippen LogP contribution in [-0.2, 0) is 14.8 Å². The molecule has 0 bridgehead atoms. The number of hydrogen-bond donors (Lipinski definition) is 0. The lowest BCUT2D eigenvalue weighted by Gasteiger charge is -2.26. The Morgan fingerprint density at radius 1 is 1.03 bits per heavy atom. The van der Waals surface area contributed by atoms with Gasteiger partial charge in [0, 0.05) is 36.4 Å². The van der Waals surface area contributed by atoms with E-state index < -0.39 is 10.0 Å². The van der Waals surface area contributed by atoms with E-state index >= 15 is 0 Å². The van der Waals surface area contributed by atoms with E-state index in [-0.39, 0.29) is 4.90 Å². The molecule has 1 saturated heterocycles. The fourth-order valence-electron chi connectivity index (χ4n) is 3.61. The molecule has 1 fully saturated rings. The Labute approximate surface area is 211 Å². The van der Waals surface area contributed by atoms with Crippen LogP contribution in [0.5, 0.6) is 0 Å². The lowest BCUT2D eigenvalue weighted by Crippen LogP contribution is -2.40. The highest BCUT2D eigenvalue weighted by atomic mass is 32.2. The van der Waals surface area contributed by atoms with E-state index in [1.54, 1.807) is 48.0 Å². The molecular formula is C24H23N5O3S3. The third kappa shape index (κ3) is 5.19. The Balaban J connectivity index is 1.52. The first kappa shape index (κ1) is 23.8. The number of hydrogen-bond acceptors (Lipinski definition) is 8. The largest absolute Gasteiger partial charge is 0.379 e. The second kappa shape index (κ2) is 10.3. The Morgan fingerprint density at radius 3 is 2.46 bits per heavy atom. The van der Waals surface area contributed by atoms with Crippen molar-refractivity contribution < 1.29 is 13.2 Å². The number of aromatic nitrogens is 2. The lowest BCUT2D eigenvalue weighted by atomic mass is 10.2. The van der Waals surface area contributed by atoms with Crippen molar-refractivity contribution in [2.45, 2.75) is 11.8 Å². The molecule has 35 heavy (non-hydrogen) atoms. The Morgan fingerprint density at radius 2 is 1.77 bits per heavy atom. The second-order valence-corrected chi connectivity index (χ2v) is 11.5. The van der Waals surface area contributed by atoms with Gasteiger partial charge in [0.15, 0.2) is 0 Å². The van der Waals surface area contributed by atoms with Crippen molar-refractivity contribution >= 4 is 44.1 Å². The summed E-state index contributed by atoms with van der Waals surface area (Å²) >= 11 is 3.12. The van der Waals surface area contributed by atoms with Crippen molar-refractivity contribution in [3.05, 3.63) is 82.0 Å². The first-order valence-corrected chi connectivity index (χ1v) is 14.2. The normalized spacial score (nSPS) is 16.0. The maximum absolute atomic E-state index is 12.9. The molecule has 4 heterocycles. The van der Waals surface area contributed by atoms with Gasteiger partial charge in [0.05, 0.1) is 40.1 Å². The van der Waals surface area contributed by atoms with Crippen LogP contribution in [0.3, 0.4) is 0 Å². The molecule has 0 amide bonds. The van der Waals surface area contributed by atoms with Crippen LogP contribution in [0.4, 0.5) is 5.69 Å². The monoisotopic (exact) mass is 525 g/mol. The standard InChI is InChI=1S/C24H23N5O3S3/c1-18(19-8-10-25-11-9-19)27-29-22(23-3-2-16-33-23)17-34-24(29)26-20-4-6-21(7-5-20)35(30,31)28-12-14-32-15-13-28/h2-11,16-17H,12-15H2,1H3. The van der Waals surface area contributed by atoms with Crippen LogP contribution in [0.15, 0.2) is 86.7 Å². The number of thiazole rings is 1. The highest BCUT2D eigenvalue weighted by Crippen LogP contribution is 2.26. The van der Waals surface area contributed by atoms with Gasteiger partial charge in [0.2, 0.25) is 14.8 Å². The molecule has 3 aromatic heterocycles. The summed E-state index contributed by atoms with van der Waals surface area (Å²) in [7, 11) is -3.55. The Hall–Kier alpha value is -2.96. The first-order chi connectivity index (χ1) is 17.0. The van der Waals surface area contributed by atoms with Crippen LogP contribution >= 0.6 is 22.7 Å². The minimum atomic E-state index is -3.55. The van der Waals surface area contributed by atoms with Gasteiger partial charge in [-0.3, -0.25) is 4.98 Å². The molecule has 1 aromatic carbocycles. The summed E-state index contributed by atoms with van der Waals surface area (Å²) < 4.78 is 34.4. The number of benzene rings is 1. The predicted molar refractivity (Wildman–Crippen MR) is 139 cm³/mol. The van der Waals surface area contributed by atoms with Crippen molar-refractivity contribution in [2.75, 3.05) is 26.3 Å². The van der Waals surface area contributed by atoms with Crippen LogP contribution in [0, 0.1) is 0 Å². The van der Waals surface area contributed by atoms with Gasteiger partial charge in [-0.05, 0) is 54.8 Å². The summed E-state index contributed by atoms with van der Waals surface area (Å²) in [6.45, 7) is 3.51. The molecule has 0 N–H and O–H groups in total. The molecule has 5 rings (SSSR count). The quantitative estimate of drug-likeness (QED) is 0.353. The molecule has 0 radical (unpaired) electrons. The van der Waals surface area contributed by atoms with Gasteiger partial charge < -0.3 is 4.74 Å². The summed E-state index contributed by atoms with van der Waals surface area (Å²) in [5, 5.41) is 8.94. The summed E-state index contributed by atoms with van der Waals surface area (Å²) in [6.07, 6.45) is 3.48. The Kier molecular flexibility index (Phi) is 7.02. The molecule has 4 aromatic rings. The van der Waals surface area contributed by atoms with Gasteiger partial charge >= 0.3 is 0 Å². The fourth-order valence-corrected chi connectivity index (χ4v) is 6.66. The molecule has 11 heteroatoms. The summed E-state index contributed by atoms with van der Waals surface area (Å²) in [5.41, 5.74) is 3.40. The van der Waals surface area contributed by atoms with E-state index in [1.807, 2.05) is 40.6 Å². The average Bonchev–Trinajstić information content (AvgIpc) is 3.56. The molecule has 1 aliphatic heterocycles. The van der Waals surface area contributed by atoms with Crippen LogP contribution in [0.25, 0.3) is 10.6 Å². The van der Waals surface area contributed by atoms with E-state index in [0.29, 0.717) is 36.8 Å². The molecule has 1 aliphatic rings. The maximum atomic E-state index is 12.9. The smallest absolute Gasteiger partial charge is 0.243 e. The summed E-state index contributed by atoms with van der Waals surface area (Å²) in [5.74, 6) is 0. The number of morpholine rings is 1. The molecular weight excluding hydrogens is 502 g/mol. The van der Waals surface area contributed by atoms with Crippen LogP contribution in [0.2, 0.25) is 0 Å². The van der Waals surface area contributed by atoms with Crippen molar-refractivity contribution in [3.8, 4) is 10.6 Å². The van der Waals surface area contributed by atoms with E-state index in [0.717, 1.165) is 21.8 Å². The molecule has 8 nitrogen and oxygen atoms in total. The minimum absolute atomic E-state index is 0.253. The fraction of sp³-hybridized carbons (Fsp3) is 0.208. The molecule has 0 saturated carbocycles. The SMILES string of the molecule is CC(=Nn1c(-c2cccs2)csc1=Nc1ccc(S(=O)(=O)N2CCOCC2)cc1)c1ccncc1. The van der Waals surface area contributed by atoms with Crippen molar-refractivity contribution in [1.29, 1.82) is 0 Å². The zero-order valence-corrected chi connectivity index (χ0v) is 21.4. The molecule has 0 aliphatic carbocycles. The van der Waals surface area contributed by atoms with E-state index in [4.69, 9.17) is 14.8 Å². The van der Waals surface area contributed by atoms with Crippen LogP contribution in [0.1, 0.15) is 12.5 Å². The summed E-state index contributed by atoms with van der Waals surface area (Å²) in [4.78, 5) is 10.9. The lowest BCUT2D eigenvalue weighted by molar-refractivity contribution is 0.0730. The molecule has 0 atom stereocenters. The number of rotatable bonds is 6. The highest BCUT2D eigenvalue weighted by Gasteiger charge is 2.26. The van der Waals surface area contributed by atoms with Gasteiger partial charge in [-0.2, -0.15) is 9.41 Å². The number of ether oxygens (including phenoxy) is 1. The van der Waals surface area contributed by atoms with E-state index in [1.165, 1.54) is 15.6 Å². The average molecular weight is 526 g/mol. The minimum Gasteiger partial charge on any atom is -0.379 e. The van der Waals surface area contributed by atoms with E-state index in [9.17, 15) is 8.42 Å². The van der Waals surface area contributed by atoms with Crippen molar-refractivity contribution in [3.63, 3.8) is 0 Å². The van der Waals surface area contributed by atoms with Gasteiger partial charge in [-0.25, -0.2) is 18.1 Å². The first-order valence-electron chi connectivity index (χ1n) is 11.0. The third-order valence-electron chi connectivity index (χ3n) is 5.48. The van der Waals surface area contributed by atoms with Crippen molar-refractivity contribution in [2.24, 2.45) is 10.1 Å². The van der Waals surface area contributed by atoms with Gasteiger partial charge in [0.1, 0.15) is 0 Å². The molecule has 0 spiro atoms. The maximum Gasteiger partial charge on any atom is 0.243 e. The number of thiophene rings is 1. The van der Waals surface area contributed by atoms with Crippen molar-refractivity contribution in [1.82, 2.24) is 14.0 Å². The second-order valence-electron chi connectivity index (χ2n) is 7.74. The van der Waals surface area contributed by atoms with Gasteiger partial charge in [-0.1, -0.05) is 6.07 Å². The topological polar surface area (TPSA) is 89.2 Å². The van der Waals surface area contributed by atoms with E-state index in [2.05, 4.69) is 11.1 Å². The molecule has 180 valence electrons. The Bertz CT molecular complexity index is 1480. The zero-order chi connectivity index (χ0) is 24.3. The van der Waals surface area contributed by atoms with Gasteiger partial charge in [-0.15, -0.1) is 22.7 Å². The molecule has 0 unspecified atom stereocenters. The van der Waals surface area contributed by atoms with Crippen LogP contribution < -0.4 is 4.80 Å². The summed E-state index contributed by atoms with van der Waals surface area (Å²) in [6, 6.07) is 14.5. The highest BCUT2D eigenvalue weighted by molar-refractivity contribution is 7.89.